The average molecular weight is 261 g/mol. The predicted octanol–water partition coefficient (Wildman–Crippen LogP) is 1.42. The van der Waals surface area contributed by atoms with Crippen molar-refractivity contribution in [2.24, 2.45) is 0 Å². The first-order chi connectivity index (χ1) is 9.05. The second-order valence-corrected chi connectivity index (χ2v) is 4.69. The zero-order chi connectivity index (χ0) is 13.9. The van der Waals surface area contributed by atoms with Crippen LogP contribution >= 0.6 is 0 Å². The van der Waals surface area contributed by atoms with E-state index in [-0.39, 0.29) is 18.2 Å². The highest BCUT2D eigenvalue weighted by atomic mass is 16.4. The quantitative estimate of drug-likeness (QED) is 0.759. The molecule has 0 aromatic carbocycles. The summed E-state index contributed by atoms with van der Waals surface area (Å²) in [6, 6.07) is 0. The van der Waals surface area contributed by atoms with Crippen LogP contribution in [0, 0.1) is 0 Å². The second-order valence-electron chi connectivity index (χ2n) is 4.69. The first kappa shape index (κ1) is 13.3. The summed E-state index contributed by atoms with van der Waals surface area (Å²) in [7, 11) is 0. The maximum Gasteiger partial charge on any atom is 0.303 e. The van der Waals surface area contributed by atoms with E-state index in [1.54, 1.807) is 6.08 Å². The van der Waals surface area contributed by atoms with Gasteiger partial charge in [-0.15, -0.1) is 0 Å². The number of carbonyl (C=O) groups excluding carboxylic acids is 2. The van der Waals surface area contributed by atoms with Crippen molar-refractivity contribution in [3.63, 3.8) is 0 Å². The van der Waals surface area contributed by atoms with Crippen LogP contribution in [0.25, 0.3) is 0 Å². The van der Waals surface area contributed by atoms with Crippen molar-refractivity contribution in [3.05, 3.63) is 36.5 Å². The molecule has 0 fully saturated rings. The Hall–Kier alpha value is -2.17. The summed E-state index contributed by atoms with van der Waals surface area (Å²) in [6.07, 6.45) is 11.3. The number of carbonyl (C=O) groups is 3. The summed E-state index contributed by atoms with van der Waals surface area (Å²) < 4.78 is 0. The fourth-order valence-electron chi connectivity index (χ4n) is 2.50. The minimum atomic E-state index is -0.873. The molecule has 0 bridgehead atoms. The Balaban J connectivity index is 2.18. The topological polar surface area (TPSA) is 74.7 Å². The Labute approximate surface area is 110 Å². The Kier molecular flexibility index (Phi) is 3.64. The molecule has 0 aromatic rings. The van der Waals surface area contributed by atoms with Crippen molar-refractivity contribution in [3.8, 4) is 0 Å². The average Bonchev–Trinajstić information content (AvgIpc) is 2.70. The molecule has 2 rings (SSSR count). The lowest BCUT2D eigenvalue weighted by Crippen LogP contribution is -2.51. The molecule has 19 heavy (non-hydrogen) atoms. The third kappa shape index (κ3) is 2.65. The fraction of sp³-hybridized carbons (Fsp3) is 0.357. The summed E-state index contributed by atoms with van der Waals surface area (Å²) in [6.45, 7) is 0. The van der Waals surface area contributed by atoms with Crippen LogP contribution in [0.3, 0.4) is 0 Å². The van der Waals surface area contributed by atoms with Gasteiger partial charge in [0.2, 0.25) is 0 Å². The van der Waals surface area contributed by atoms with Gasteiger partial charge in [0.05, 0.1) is 5.54 Å². The van der Waals surface area contributed by atoms with Crippen molar-refractivity contribution < 1.29 is 19.5 Å². The summed E-state index contributed by atoms with van der Waals surface area (Å²) in [5, 5.41) is 8.70. The van der Waals surface area contributed by atoms with Crippen molar-refractivity contribution in [1.29, 1.82) is 0 Å². The van der Waals surface area contributed by atoms with Crippen molar-refractivity contribution in [1.82, 2.24) is 4.90 Å². The monoisotopic (exact) mass is 261 g/mol. The standard InChI is InChI=1S/C14H15NO4/c16-11-6-7-12(17)15(11)14(8-2-1-3-9-14)10-4-5-13(18)19/h1-3,6-8H,4-5,9-10H2,(H,18,19). The van der Waals surface area contributed by atoms with E-state index >= 15 is 0 Å². The van der Waals surface area contributed by atoms with E-state index in [1.165, 1.54) is 17.1 Å². The Morgan fingerprint density at radius 2 is 1.95 bits per heavy atom. The zero-order valence-electron chi connectivity index (χ0n) is 10.4. The maximum absolute atomic E-state index is 11.8. The summed E-state index contributed by atoms with van der Waals surface area (Å²) in [5.74, 6) is -1.54. The summed E-state index contributed by atoms with van der Waals surface area (Å²) >= 11 is 0. The highest BCUT2D eigenvalue weighted by Crippen LogP contribution is 2.33. The molecule has 5 heteroatoms. The predicted molar refractivity (Wildman–Crippen MR) is 68.1 cm³/mol. The molecule has 1 aliphatic carbocycles. The van der Waals surface area contributed by atoms with Gasteiger partial charge in [0.1, 0.15) is 0 Å². The molecule has 5 nitrogen and oxygen atoms in total. The summed E-state index contributed by atoms with van der Waals surface area (Å²) in [4.78, 5) is 35.5. The molecule has 1 atom stereocenters. The lowest BCUT2D eigenvalue weighted by molar-refractivity contribution is -0.142. The molecule has 0 aromatic heterocycles. The molecule has 100 valence electrons. The van der Waals surface area contributed by atoms with Gasteiger partial charge in [0.15, 0.2) is 0 Å². The molecule has 0 saturated carbocycles. The van der Waals surface area contributed by atoms with Crippen LogP contribution in [0.1, 0.15) is 25.7 Å². The van der Waals surface area contributed by atoms with Crippen molar-refractivity contribution in [2.75, 3.05) is 0 Å². The van der Waals surface area contributed by atoms with Gasteiger partial charge in [0, 0.05) is 18.6 Å². The lowest BCUT2D eigenvalue weighted by atomic mass is 9.84. The van der Waals surface area contributed by atoms with E-state index in [1.807, 2.05) is 18.2 Å². The Morgan fingerprint density at radius 3 is 2.47 bits per heavy atom. The van der Waals surface area contributed by atoms with E-state index in [4.69, 9.17) is 5.11 Å². The van der Waals surface area contributed by atoms with Crippen LogP contribution in [-0.2, 0) is 14.4 Å². The molecule has 1 N–H and O–H groups in total. The number of hydrogen-bond donors (Lipinski definition) is 1. The van der Waals surface area contributed by atoms with E-state index in [2.05, 4.69) is 0 Å². The molecule has 0 spiro atoms. The highest BCUT2D eigenvalue weighted by molar-refractivity contribution is 6.13. The molecule has 2 amide bonds. The van der Waals surface area contributed by atoms with Crippen LogP contribution in [-0.4, -0.2) is 33.3 Å². The van der Waals surface area contributed by atoms with Crippen LogP contribution < -0.4 is 0 Å². The molecule has 2 aliphatic rings. The van der Waals surface area contributed by atoms with E-state index in [0.29, 0.717) is 19.3 Å². The van der Waals surface area contributed by atoms with Gasteiger partial charge in [-0.05, 0) is 19.3 Å². The normalized spacial score (nSPS) is 25.4. The lowest BCUT2D eigenvalue weighted by Gasteiger charge is -2.38. The third-order valence-electron chi connectivity index (χ3n) is 3.38. The molecule has 0 radical (unpaired) electrons. The van der Waals surface area contributed by atoms with Gasteiger partial charge in [-0.2, -0.15) is 0 Å². The zero-order valence-corrected chi connectivity index (χ0v) is 10.4. The van der Waals surface area contributed by atoms with Crippen LogP contribution in [0.5, 0.6) is 0 Å². The number of rotatable bonds is 5. The Bertz CT molecular complexity index is 486. The SMILES string of the molecule is O=C(O)CCCC1(N2C(=O)C=CC2=O)C=CC=CC1. The number of carboxylic acids is 1. The maximum atomic E-state index is 11.8. The first-order valence-corrected chi connectivity index (χ1v) is 6.18. The van der Waals surface area contributed by atoms with Gasteiger partial charge < -0.3 is 5.11 Å². The molecule has 0 saturated heterocycles. The minimum Gasteiger partial charge on any atom is -0.481 e. The number of imide groups is 1. The molecule has 1 unspecified atom stereocenters. The number of amides is 2. The number of hydrogen-bond acceptors (Lipinski definition) is 3. The van der Waals surface area contributed by atoms with Gasteiger partial charge in [-0.1, -0.05) is 24.3 Å². The van der Waals surface area contributed by atoms with Crippen molar-refractivity contribution >= 4 is 17.8 Å². The number of carboxylic acid groups (broad SMARTS) is 1. The van der Waals surface area contributed by atoms with E-state index in [9.17, 15) is 14.4 Å². The largest absolute Gasteiger partial charge is 0.481 e. The smallest absolute Gasteiger partial charge is 0.303 e. The van der Waals surface area contributed by atoms with Gasteiger partial charge >= 0.3 is 5.97 Å². The first-order valence-electron chi connectivity index (χ1n) is 6.18. The van der Waals surface area contributed by atoms with E-state index < -0.39 is 11.5 Å². The van der Waals surface area contributed by atoms with Crippen LogP contribution in [0.15, 0.2) is 36.5 Å². The van der Waals surface area contributed by atoms with Gasteiger partial charge in [-0.3, -0.25) is 19.3 Å². The number of nitrogens with zero attached hydrogens (tertiary/aromatic N) is 1. The molecular formula is C14H15NO4. The molecular weight excluding hydrogens is 246 g/mol. The van der Waals surface area contributed by atoms with Crippen molar-refractivity contribution in [2.45, 2.75) is 31.2 Å². The minimum absolute atomic E-state index is 0.0307. The van der Waals surface area contributed by atoms with Gasteiger partial charge in [-0.25, -0.2) is 0 Å². The van der Waals surface area contributed by atoms with E-state index in [0.717, 1.165) is 0 Å². The van der Waals surface area contributed by atoms with Gasteiger partial charge in [0.25, 0.3) is 11.8 Å². The van der Waals surface area contributed by atoms with Crippen LogP contribution in [0.4, 0.5) is 0 Å². The second kappa shape index (κ2) is 5.22. The highest BCUT2D eigenvalue weighted by Gasteiger charge is 2.41. The third-order valence-corrected chi connectivity index (χ3v) is 3.38. The Morgan fingerprint density at radius 1 is 1.26 bits per heavy atom. The molecule has 1 heterocycles. The molecule has 1 aliphatic heterocycles. The number of aliphatic carboxylic acids is 1. The number of allylic oxidation sites excluding steroid dienone is 2. The summed E-state index contributed by atoms with van der Waals surface area (Å²) in [5.41, 5.74) is -0.720. The van der Waals surface area contributed by atoms with Crippen LogP contribution in [0.2, 0.25) is 0 Å². The fourth-order valence-corrected chi connectivity index (χ4v) is 2.50.